The van der Waals surface area contributed by atoms with E-state index in [0.717, 1.165) is 42.0 Å². The maximum atomic E-state index is 11.7. The Labute approximate surface area is 186 Å². The van der Waals surface area contributed by atoms with Crippen LogP contribution in [-0.2, 0) is 22.6 Å². The van der Waals surface area contributed by atoms with E-state index < -0.39 is 12.1 Å². The van der Waals surface area contributed by atoms with Gasteiger partial charge in [0, 0.05) is 30.6 Å². The molecule has 3 rings (SSSR count). The lowest BCUT2D eigenvalue weighted by molar-refractivity contribution is -0.131. The molecule has 0 spiro atoms. The van der Waals surface area contributed by atoms with Crippen LogP contribution in [0.15, 0.2) is 73.1 Å². The van der Waals surface area contributed by atoms with Gasteiger partial charge in [-0.25, -0.2) is 19.6 Å². The molecule has 7 nitrogen and oxygen atoms in total. The van der Waals surface area contributed by atoms with E-state index in [9.17, 15) is 9.59 Å². The number of aromatic nitrogens is 2. The average Bonchev–Trinajstić information content (AvgIpc) is 2.82. The van der Waals surface area contributed by atoms with Crippen LogP contribution in [-0.4, -0.2) is 33.7 Å². The van der Waals surface area contributed by atoms with Crippen LogP contribution < -0.4 is 5.32 Å². The minimum Gasteiger partial charge on any atom is -0.478 e. The van der Waals surface area contributed by atoms with Crippen molar-refractivity contribution in [3.05, 3.63) is 90.0 Å². The predicted octanol–water partition coefficient (Wildman–Crippen LogP) is 4.49. The predicted molar refractivity (Wildman–Crippen MR) is 122 cm³/mol. The monoisotopic (exact) mass is 431 g/mol. The fraction of sp³-hybridized carbons (Fsp3) is 0.200. The zero-order chi connectivity index (χ0) is 22.6. The average molecular weight is 431 g/mol. The molecule has 32 heavy (non-hydrogen) atoms. The van der Waals surface area contributed by atoms with Crippen molar-refractivity contribution in [1.29, 1.82) is 0 Å². The van der Waals surface area contributed by atoms with Crippen LogP contribution in [0.25, 0.3) is 17.2 Å². The minimum absolute atomic E-state index is 0.270. The summed E-state index contributed by atoms with van der Waals surface area (Å²) in [4.78, 5) is 30.6. The normalized spacial score (nSPS) is 10.8. The van der Waals surface area contributed by atoms with Crippen LogP contribution in [0.1, 0.15) is 29.8 Å². The van der Waals surface area contributed by atoms with Crippen molar-refractivity contribution >= 4 is 18.1 Å². The number of aryl methyl sites for hydroxylation is 1. The summed E-state index contributed by atoms with van der Waals surface area (Å²) in [5.41, 5.74) is 4.03. The quantitative estimate of drug-likeness (QED) is 0.362. The number of nitrogens with one attached hydrogen (secondary N) is 1. The highest BCUT2D eigenvalue weighted by Gasteiger charge is 2.03. The lowest BCUT2D eigenvalue weighted by atomic mass is 10.0. The fourth-order valence-electron chi connectivity index (χ4n) is 3.00. The van der Waals surface area contributed by atoms with E-state index >= 15 is 0 Å². The van der Waals surface area contributed by atoms with E-state index in [2.05, 4.69) is 27.4 Å². The Morgan fingerprint density at radius 2 is 1.62 bits per heavy atom. The summed E-state index contributed by atoms with van der Waals surface area (Å²) in [6.45, 7) is 0.845. The third kappa shape index (κ3) is 7.68. The third-order valence-electron chi connectivity index (χ3n) is 4.71. The van der Waals surface area contributed by atoms with Gasteiger partial charge in [0.15, 0.2) is 5.82 Å². The van der Waals surface area contributed by atoms with Crippen LogP contribution in [0.3, 0.4) is 0 Å². The summed E-state index contributed by atoms with van der Waals surface area (Å²) in [5.74, 6) is -0.683. The molecule has 2 N–H and O–H groups in total. The lowest BCUT2D eigenvalue weighted by Gasteiger charge is -2.07. The Kier molecular flexibility index (Phi) is 8.50. The first-order chi connectivity index (χ1) is 15.6. The number of carbonyl (C=O) groups excluding carboxylic acids is 1. The number of alkyl carbamates (subject to hydrolysis) is 1. The molecule has 1 heterocycles. The van der Waals surface area contributed by atoms with Gasteiger partial charge in [0.25, 0.3) is 0 Å². The molecule has 0 fully saturated rings. The number of carboxylic acid groups (broad SMARTS) is 1. The van der Waals surface area contributed by atoms with Gasteiger partial charge in [-0.1, -0.05) is 54.6 Å². The van der Waals surface area contributed by atoms with E-state index in [4.69, 9.17) is 9.84 Å². The smallest absolute Gasteiger partial charge is 0.407 e. The van der Waals surface area contributed by atoms with Crippen molar-refractivity contribution in [2.24, 2.45) is 0 Å². The number of hydrogen-bond donors (Lipinski definition) is 2. The molecule has 0 aliphatic carbocycles. The molecular formula is C25H25N3O4. The SMILES string of the molecule is O=C(O)/C=C/c1ncc(-c2ccc(CCCCNC(=O)OCc3ccccc3)cc2)cn1. The summed E-state index contributed by atoms with van der Waals surface area (Å²) in [6, 6.07) is 17.7. The van der Waals surface area contributed by atoms with Crippen molar-refractivity contribution in [3.63, 3.8) is 0 Å². The van der Waals surface area contributed by atoms with Crippen molar-refractivity contribution in [3.8, 4) is 11.1 Å². The second kappa shape index (κ2) is 12.0. The maximum absolute atomic E-state index is 11.7. The number of carbonyl (C=O) groups is 2. The van der Waals surface area contributed by atoms with Gasteiger partial charge >= 0.3 is 12.1 Å². The van der Waals surface area contributed by atoms with E-state index in [1.807, 2.05) is 42.5 Å². The number of benzene rings is 2. The third-order valence-corrected chi connectivity index (χ3v) is 4.71. The van der Waals surface area contributed by atoms with E-state index in [0.29, 0.717) is 12.4 Å². The van der Waals surface area contributed by atoms with Crippen molar-refractivity contribution < 1.29 is 19.4 Å². The molecule has 0 aliphatic rings. The summed E-state index contributed by atoms with van der Waals surface area (Å²) >= 11 is 0. The highest BCUT2D eigenvalue weighted by atomic mass is 16.5. The molecule has 2 aromatic carbocycles. The van der Waals surface area contributed by atoms with Gasteiger partial charge in [-0.05, 0) is 42.0 Å². The van der Waals surface area contributed by atoms with Crippen LogP contribution >= 0.6 is 0 Å². The Balaban J connectivity index is 1.36. The van der Waals surface area contributed by atoms with Gasteiger partial charge in [-0.2, -0.15) is 0 Å². The fourth-order valence-corrected chi connectivity index (χ4v) is 3.00. The van der Waals surface area contributed by atoms with Crippen molar-refractivity contribution in [2.45, 2.75) is 25.9 Å². The summed E-state index contributed by atoms with van der Waals surface area (Å²) in [7, 11) is 0. The molecule has 0 bridgehead atoms. The second-order valence-electron chi connectivity index (χ2n) is 7.14. The Hall–Kier alpha value is -4.00. The van der Waals surface area contributed by atoms with Crippen LogP contribution in [0.4, 0.5) is 4.79 Å². The van der Waals surface area contributed by atoms with Gasteiger partial charge in [0.2, 0.25) is 0 Å². The molecule has 0 saturated carbocycles. The zero-order valence-corrected chi connectivity index (χ0v) is 17.6. The number of hydrogen-bond acceptors (Lipinski definition) is 5. The molecule has 1 aromatic heterocycles. The largest absolute Gasteiger partial charge is 0.478 e. The van der Waals surface area contributed by atoms with Crippen LogP contribution in [0.2, 0.25) is 0 Å². The first kappa shape index (κ1) is 22.7. The van der Waals surface area contributed by atoms with E-state index in [-0.39, 0.29) is 6.61 Å². The number of rotatable bonds is 10. The van der Waals surface area contributed by atoms with Crippen LogP contribution in [0.5, 0.6) is 0 Å². The highest BCUT2D eigenvalue weighted by Crippen LogP contribution is 2.19. The Bertz CT molecular complexity index is 1030. The molecule has 1 amide bonds. The van der Waals surface area contributed by atoms with E-state index in [1.54, 1.807) is 12.4 Å². The number of unbranched alkanes of at least 4 members (excludes halogenated alkanes) is 1. The molecule has 0 atom stereocenters. The van der Waals surface area contributed by atoms with Crippen molar-refractivity contribution in [1.82, 2.24) is 15.3 Å². The first-order valence-corrected chi connectivity index (χ1v) is 10.4. The van der Waals surface area contributed by atoms with E-state index in [1.165, 1.54) is 11.6 Å². The van der Waals surface area contributed by atoms with Gasteiger partial charge in [-0.15, -0.1) is 0 Å². The molecule has 0 unspecified atom stereocenters. The topological polar surface area (TPSA) is 101 Å². The molecule has 164 valence electrons. The van der Waals surface area contributed by atoms with Gasteiger partial charge in [-0.3, -0.25) is 0 Å². The molecule has 3 aromatic rings. The maximum Gasteiger partial charge on any atom is 0.407 e. The minimum atomic E-state index is -1.04. The van der Waals surface area contributed by atoms with Crippen LogP contribution in [0, 0.1) is 0 Å². The summed E-state index contributed by atoms with van der Waals surface area (Å²) < 4.78 is 5.19. The standard InChI is InChI=1S/C25H25N3O4/c29-24(30)14-13-23-27-16-22(17-28-23)21-11-9-19(10-12-21)6-4-5-15-26-25(31)32-18-20-7-2-1-3-8-20/h1-3,7-14,16-17H,4-6,15,18H2,(H,26,31)(H,29,30)/b14-13+. The Morgan fingerprint density at radius 1 is 0.906 bits per heavy atom. The zero-order valence-electron chi connectivity index (χ0n) is 17.6. The number of aliphatic carboxylic acids is 1. The Morgan fingerprint density at radius 3 is 2.31 bits per heavy atom. The number of carboxylic acids is 1. The number of amides is 1. The summed E-state index contributed by atoms with van der Waals surface area (Å²) in [5, 5.41) is 11.4. The first-order valence-electron chi connectivity index (χ1n) is 10.4. The lowest BCUT2D eigenvalue weighted by Crippen LogP contribution is -2.25. The molecule has 7 heteroatoms. The summed E-state index contributed by atoms with van der Waals surface area (Å²) in [6.07, 6.45) is 8.03. The van der Waals surface area contributed by atoms with Gasteiger partial charge in [0.05, 0.1) is 0 Å². The molecule has 0 aliphatic heterocycles. The highest BCUT2D eigenvalue weighted by molar-refractivity contribution is 5.84. The van der Waals surface area contributed by atoms with Crippen molar-refractivity contribution in [2.75, 3.05) is 6.54 Å². The van der Waals surface area contributed by atoms with Gasteiger partial charge in [0.1, 0.15) is 6.61 Å². The number of nitrogens with zero attached hydrogens (tertiary/aromatic N) is 2. The molecule has 0 saturated heterocycles. The van der Waals surface area contributed by atoms with Gasteiger partial charge < -0.3 is 15.2 Å². The molecular weight excluding hydrogens is 406 g/mol. The molecule has 0 radical (unpaired) electrons. The number of ether oxygens (including phenoxy) is 1. The second-order valence-corrected chi connectivity index (χ2v) is 7.14.